The van der Waals surface area contributed by atoms with E-state index in [0.717, 1.165) is 22.1 Å². The second kappa shape index (κ2) is 12.5. The Balaban J connectivity index is 0.00000392. The number of halogens is 3. The highest BCUT2D eigenvalue weighted by Gasteiger charge is 2.08. The van der Waals surface area contributed by atoms with Crippen molar-refractivity contribution in [2.45, 2.75) is 27.3 Å². The van der Waals surface area contributed by atoms with Crippen LogP contribution >= 0.6 is 58.5 Å². The number of aliphatic imine (C=N–C) groups is 1. The number of aromatic nitrogens is 1. The largest absolute Gasteiger partial charge is 0.357 e. The zero-order valence-corrected chi connectivity index (χ0v) is 20.6. The molecule has 0 unspecified atom stereocenters. The standard InChI is InChI=1S/C18H23Cl2N5OS.HI/c1-4-21-18(24-10-16-11(2)25-12(3)27-16)23-8-7-22-17(26)13-5-6-14(19)15(20)9-13;/h5-6,9H,4,7-8,10H2,1-3H3,(H,22,26)(H2,21,23,24);1H. The Hall–Kier alpha value is -1.10. The minimum absolute atomic E-state index is 0. The maximum atomic E-state index is 12.1. The molecular weight excluding hydrogens is 532 g/mol. The van der Waals surface area contributed by atoms with Crippen LogP contribution in [-0.2, 0) is 6.54 Å². The van der Waals surface area contributed by atoms with Gasteiger partial charge in [-0.15, -0.1) is 35.3 Å². The molecule has 0 saturated heterocycles. The lowest BCUT2D eigenvalue weighted by Gasteiger charge is -2.12. The fourth-order valence-electron chi connectivity index (χ4n) is 2.31. The molecule has 6 nitrogen and oxygen atoms in total. The first-order chi connectivity index (χ1) is 12.9. The number of guanidine groups is 1. The predicted octanol–water partition coefficient (Wildman–Crippen LogP) is 4.17. The van der Waals surface area contributed by atoms with Gasteiger partial charge in [-0.1, -0.05) is 23.2 Å². The molecule has 1 aromatic carbocycles. The van der Waals surface area contributed by atoms with Gasteiger partial charge < -0.3 is 16.0 Å². The van der Waals surface area contributed by atoms with Crippen molar-refractivity contribution in [1.29, 1.82) is 0 Å². The molecule has 0 aliphatic rings. The molecule has 28 heavy (non-hydrogen) atoms. The molecule has 1 aromatic heterocycles. The van der Waals surface area contributed by atoms with Crippen LogP contribution in [0.3, 0.4) is 0 Å². The Labute approximate surface area is 196 Å². The molecule has 154 valence electrons. The first-order valence-corrected chi connectivity index (χ1v) is 10.2. The number of nitrogens with zero attached hydrogens (tertiary/aromatic N) is 2. The number of aryl methyl sites for hydroxylation is 2. The summed E-state index contributed by atoms with van der Waals surface area (Å²) in [5.74, 6) is 0.500. The van der Waals surface area contributed by atoms with E-state index in [1.54, 1.807) is 29.5 Å². The zero-order chi connectivity index (χ0) is 19.8. The number of nitrogens with one attached hydrogen (secondary N) is 3. The van der Waals surface area contributed by atoms with Crippen molar-refractivity contribution >= 4 is 70.4 Å². The van der Waals surface area contributed by atoms with Gasteiger partial charge in [0.15, 0.2) is 5.96 Å². The molecule has 10 heteroatoms. The molecule has 3 N–H and O–H groups in total. The molecule has 0 radical (unpaired) electrons. The molecule has 2 aromatic rings. The van der Waals surface area contributed by atoms with Crippen LogP contribution in [0.4, 0.5) is 0 Å². The summed E-state index contributed by atoms with van der Waals surface area (Å²) < 4.78 is 0. The minimum atomic E-state index is -0.201. The van der Waals surface area contributed by atoms with Crippen LogP contribution in [0.5, 0.6) is 0 Å². The molecule has 0 saturated carbocycles. The lowest BCUT2D eigenvalue weighted by atomic mass is 10.2. The SMILES string of the molecule is CCNC(=NCc1sc(C)nc1C)NCCNC(=O)c1ccc(Cl)c(Cl)c1.I. The topological polar surface area (TPSA) is 78.4 Å². The third-order valence-electron chi connectivity index (χ3n) is 3.61. The summed E-state index contributed by atoms with van der Waals surface area (Å²) >= 11 is 13.5. The number of carbonyl (C=O) groups is 1. The van der Waals surface area contributed by atoms with E-state index in [1.165, 1.54) is 0 Å². The molecule has 0 aliphatic heterocycles. The van der Waals surface area contributed by atoms with Crippen molar-refractivity contribution in [3.05, 3.63) is 49.4 Å². The summed E-state index contributed by atoms with van der Waals surface area (Å²) in [5, 5.41) is 11.1. The van der Waals surface area contributed by atoms with Gasteiger partial charge in [0.05, 0.1) is 27.3 Å². The van der Waals surface area contributed by atoms with E-state index >= 15 is 0 Å². The highest BCUT2D eigenvalue weighted by Crippen LogP contribution is 2.22. The van der Waals surface area contributed by atoms with Gasteiger partial charge in [-0.2, -0.15) is 0 Å². The van der Waals surface area contributed by atoms with E-state index in [-0.39, 0.29) is 29.9 Å². The molecule has 0 bridgehead atoms. The molecule has 0 aliphatic carbocycles. The average Bonchev–Trinajstić information content (AvgIpc) is 2.95. The van der Waals surface area contributed by atoms with Crippen molar-refractivity contribution in [2.75, 3.05) is 19.6 Å². The summed E-state index contributed by atoms with van der Waals surface area (Å²) in [7, 11) is 0. The van der Waals surface area contributed by atoms with Crippen molar-refractivity contribution in [1.82, 2.24) is 20.9 Å². The van der Waals surface area contributed by atoms with Gasteiger partial charge in [0.2, 0.25) is 0 Å². The summed E-state index contributed by atoms with van der Waals surface area (Å²) in [6.45, 7) is 8.30. The predicted molar refractivity (Wildman–Crippen MR) is 129 cm³/mol. The van der Waals surface area contributed by atoms with Crippen molar-refractivity contribution in [3.8, 4) is 0 Å². The lowest BCUT2D eigenvalue weighted by Crippen LogP contribution is -2.41. The van der Waals surface area contributed by atoms with E-state index in [2.05, 4.69) is 25.9 Å². The Morgan fingerprint density at radius 2 is 1.86 bits per heavy atom. The number of carbonyl (C=O) groups excluding carboxylic acids is 1. The van der Waals surface area contributed by atoms with Gasteiger partial charge in [-0.3, -0.25) is 4.79 Å². The zero-order valence-electron chi connectivity index (χ0n) is 15.9. The van der Waals surface area contributed by atoms with Gasteiger partial charge in [-0.25, -0.2) is 9.98 Å². The smallest absolute Gasteiger partial charge is 0.251 e. The first kappa shape index (κ1) is 24.9. The second-order valence-corrected chi connectivity index (χ2v) is 7.85. The second-order valence-electron chi connectivity index (χ2n) is 5.75. The van der Waals surface area contributed by atoms with Crippen molar-refractivity contribution in [2.24, 2.45) is 4.99 Å². The lowest BCUT2D eigenvalue weighted by molar-refractivity contribution is 0.0954. The third-order valence-corrected chi connectivity index (χ3v) is 5.41. The van der Waals surface area contributed by atoms with E-state index in [4.69, 9.17) is 23.2 Å². The van der Waals surface area contributed by atoms with Crippen molar-refractivity contribution in [3.63, 3.8) is 0 Å². The first-order valence-electron chi connectivity index (χ1n) is 8.59. The molecule has 0 spiro atoms. The Bertz CT molecular complexity index is 828. The number of hydrogen-bond acceptors (Lipinski definition) is 4. The number of amides is 1. The van der Waals surface area contributed by atoms with E-state index < -0.39 is 0 Å². The van der Waals surface area contributed by atoms with Crippen molar-refractivity contribution < 1.29 is 4.79 Å². The van der Waals surface area contributed by atoms with Crippen LogP contribution in [-0.4, -0.2) is 36.5 Å². The average molecular weight is 556 g/mol. The molecule has 0 fully saturated rings. The summed E-state index contributed by atoms with van der Waals surface area (Å²) in [6, 6.07) is 4.80. The fraction of sp³-hybridized carbons (Fsp3) is 0.389. The molecule has 1 heterocycles. The number of benzene rings is 1. The molecule has 2 rings (SSSR count). The van der Waals surface area contributed by atoms with Gasteiger partial charge in [0, 0.05) is 30.1 Å². The minimum Gasteiger partial charge on any atom is -0.357 e. The monoisotopic (exact) mass is 555 g/mol. The number of hydrogen-bond donors (Lipinski definition) is 3. The molecule has 1 amide bonds. The number of thiazole rings is 1. The molecule has 0 atom stereocenters. The van der Waals surface area contributed by atoms with Crippen LogP contribution in [0, 0.1) is 13.8 Å². The maximum absolute atomic E-state index is 12.1. The number of rotatable bonds is 7. The van der Waals surface area contributed by atoms with Crippen LogP contribution < -0.4 is 16.0 Å². The van der Waals surface area contributed by atoms with Crippen LogP contribution in [0.1, 0.15) is 32.9 Å². The maximum Gasteiger partial charge on any atom is 0.251 e. The summed E-state index contributed by atoms with van der Waals surface area (Å²) in [5.41, 5.74) is 1.49. The van der Waals surface area contributed by atoms with Crippen LogP contribution in [0.25, 0.3) is 0 Å². The van der Waals surface area contributed by atoms with E-state index in [0.29, 0.717) is 41.2 Å². The van der Waals surface area contributed by atoms with E-state index in [9.17, 15) is 4.79 Å². The normalized spacial score (nSPS) is 11.0. The highest BCUT2D eigenvalue weighted by molar-refractivity contribution is 14.0. The summed E-state index contributed by atoms with van der Waals surface area (Å²) in [4.78, 5) is 22.3. The van der Waals surface area contributed by atoms with Gasteiger partial charge in [0.1, 0.15) is 0 Å². The van der Waals surface area contributed by atoms with Gasteiger partial charge in [-0.05, 0) is 39.0 Å². The fourth-order valence-corrected chi connectivity index (χ4v) is 3.47. The third kappa shape index (κ3) is 7.73. The Morgan fingerprint density at radius 3 is 2.46 bits per heavy atom. The van der Waals surface area contributed by atoms with Crippen LogP contribution in [0.15, 0.2) is 23.2 Å². The van der Waals surface area contributed by atoms with Crippen LogP contribution in [0.2, 0.25) is 10.0 Å². The highest BCUT2D eigenvalue weighted by atomic mass is 127. The van der Waals surface area contributed by atoms with Gasteiger partial charge >= 0.3 is 0 Å². The molecular formula is C18H24Cl2IN5OS. The Kier molecular flexibility index (Phi) is 11.1. The quantitative estimate of drug-likeness (QED) is 0.207. The summed E-state index contributed by atoms with van der Waals surface area (Å²) in [6.07, 6.45) is 0. The Morgan fingerprint density at radius 1 is 1.14 bits per heavy atom. The van der Waals surface area contributed by atoms with Gasteiger partial charge in [0.25, 0.3) is 5.91 Å². The van der Waals surface area contributed by atoms with E-state index in [1.807, 2.05) is 20.8 Å².